The Balaban J connectivity index is 3.22. The monoisotopic (exact) mass is 386 g/mol. The zero-order valence-electron chi connectivity index (χ0n) is 15.6. The number of ether oxygens (including phenoxy) is 1. The van der Waals surface area contributed by atoms with Crippen molar-refractivity contribution in [2.45, 2.75) is 31.7 Å². The van der Waals surface area contributed by atoms with Crippen molar-refractivity contribution in [3.63, 3.8) is 0 Å². The van der Waals surface area contributed by atoms with Crippen LogP contribution in [0.1, 0.15) is 20.8 Å². The van der Waals surface area contributed by atoms with Crippen molar-refractivity contribution in [3.8, 4) is 5.75 Å². The van der Waals surface area contributed by atoms with E-state index in [2.05, 4.69) is 10.6 Å². The topological polar surface area (TPSA) is 131 Å². The second-order valence-electron chi connectivity index (χ2n) is 6.10. The zero-order valence-corrected chi connectivity index (χ0v) is 16.4. The molecule has 3 amide bonds. The van der Waals surface area contributed by atoms with Crippen molar-refractivity contribution in [1.29, 1.82) is 0 Å². The van der Waals surface area contributed by atoms with Crippen LogP contribution >= 0.6 is 0 Å². The van der Waals surface area contributed by atoms with Crippen LogP contribution in [0.2, 0.25) is 0 Å². The van der Waals surface area contributed by atoms with Crippen molar-refractivity contribution in [3.05, 3.63) is 18.2 Å². The highest BCUT2D eigenvalue weighted by atomic mass is 32.2. The molecule has 146 valence electrons. The fraction of sp³-hybridized carbons (Fsp3) is 0.500. The van der Waals surface area contributed by atoms with Gasteiger partial charge in [-0.05, 0) is 31.0 Å². The van der Waals surface area contributed by atoms with Crippen molar-refractivity contribution in [2.75, 3.05) is 26.0 Å². The predicted molar refractivity (Wildman–Crippen MR) is 98.5 cm³/mol. The smallest absolute Gasteiger partial charge is 0.312 e. The summed E-state index contributed by atoms with van der Waals surface area (Å²) in [6.07, 6.45) is 0. The van der Waals surface area contributed by atoms with Gasteiger partial charge < -0.3 is 21.1 Å². The quantitative estimate of drug-likeness (QED) is 0.613. The van der Waals surface area contributed by atoms with Gasteiger partial charge >= 0.3 is 6.03 Å². The third-order valence-electron chi connectivity index (χ3n) is 3.52. The molecule has 0 unspecified atom stereocenters. The normalized spacial score (nSPS) is 12.7. The Kier molecular flexibility index (Phi) is 7.40. The first-order valence-corrected chi connectivity index (χ1v) is 9.50. The number of carbonyl (C=O) groups is 2. The molecular weight excluding hydrogens is 360 g/mol. The third kappa shape index (κ3) is 5.33. The molecule has 9 nitrogen and oxygen atoms in total. The van der Waals surface area contributed by atoms with Gasteiger partial charge in [-0.3, -0.25) is 4.79 Å². The lowest BCUT2D eigenvalue weighted by Gasteiger charge is -2.21. The Morgan fingerprint density at radius 3 is 2.35 bits per heavy atom. The van der Waals surface area contributed by atoms with E-state index in [1.54, 1.807) is 20.8 Å². The van der Waals surface area contributed by atoms with Gasteiger partial charge in [0.15, 0.2) is 0 Å². The standard InChI is InChI=1S/C16H26N4O5S/c1-6-25-12-8-7-11(9-13(12)26(23,24)20(4)5)18-15(21)14(10(2)3)19-16(17)22/h7-10,14H,6H2,1-5H3,(H,18,21)(H3,17,19,22)/t14-/m1/s1. The van der Waals surface area contributed by atoms with Gasteiger partial charge in [-0.1, -0.05) is 13.8 Å². The van der Waals surface area contributed by atoms with Gasteiger partial charge in [0.05, 0.1) is 6.61 Å². The number of nitrogens with two attached hydrogens (primary N) is 1. The summed E-state index contributed by atoms with van der Waals surface area (Å²) in [5.41, 5.74) is 5.36. The molecule has 0 aromatic heterocycles. The van der Waals surface area contributed by atoms with Crippen molar-refractivity contribution in [1.82, 2.24) is 9.62 Å². The summed E-state index contributed by atoms with van der Waals surface area (Å²) < 4.78 is 31.5. The number of carbonyl (C=O) groups excluding carboxylic acids is 2. The maximum atomic E-state index is 12.5. The number of hydrogen-bond donors (Lipinski definition) is 3. The molecule has 1 aromatic rings. The average molecular weight is 386 g/mol. The number of nitrogens with zero attached hydrogens (tertiary/aromatic N) is 1. The molecular formula is C16H26N4O5S. The lowest BCUT2D eigenvalue weighted by molar-refractivity contribution is -0.118. The minimum Gasteiger partial charge on any atom is -0.492 e. The zero-order chi connectivity index (χ0) is 20.1. The molecule has 4 N–H and O–H groups in total. The van der Waals surface area contributed by atoms with Crippen molar-refractivity contribution in [2.24, 2.45) is 11.7 Å². The molecule has 0 aliphatic carbocycles. The van der Waals surface area contributed by atoms with Gasteiger partial charge in [-0.25, -0.2) is 17.5 Å². The molecule has 0 fully saturated rings. The summed E-state index contributed by atoms with van der Waals surface area (Å²) in [5.74, 6) is -0.527. The number of nitrogens with one attached hydrogen (secondary N) is 2. The minimum atomic E-state index is -3.78. The fourth-order valence-electron chi connectivity index (χ4n) is 2.17. The Hall–Kier alpha value is -2.33. The van der Waals surface area contributed by atoms with E-state index in [0.29, 0.717) is 6.61 Å². The first-order valence-electron chi connectivity index (χ1n) is 8.06. The Labute approximate surface area is 153 Å². The maximum Gasteiger partial charge on any atom is 0.312 e. The van der Waals surface area contributed by atoms with Gasteiger partial charge in [0.1, 0.15) is 16.7 Å². The maximum absolute atomic E-state index is 12.5. The van der Waals surface area contributed by atoms with Crippen LogP contribution in [0.5, 0.6) is 5.75 Å². The van der Waals surface area contributed by atoms with E-state index in [-0.39, 0.29) is 22.3 Å². The number of sulfonamides is 1. The molecule has 1 atom stereocenters. The van der Waals surface area contributed by atoms with Gasteiger partial charge in [0.25, 0.3) is 0 Å². The molecule has 0 saturated heterocycles. The van der Waals surface area contributed by atoms with E-state index in [0.717, 1.165) is 4.31 Å². The lowest BCUT2D eigenvalue weighted by Crippen LogP contribution is -2.49. The van der Waals surface area contributed by atoms with Crippen LogP contribution in [0, 0.1) is 5.92 Å². The molecule has 0 aliphatic rings. The van der Waals surface area contributed by atoms with Gasteiger partial charge in [0.2, 0.25) is 15.9 Å². The lowest BCUT2D eigenvalue weighted by atomic mass is 10.0. The summed E-state index contributed by atoms with van der Waals surface area (Å²) in [6.45, 7) is 5.53. The molecule has 0 bridgehead atoms. The number of primary amides is 1. The molecule has 0 heterocycles. The number of hydrogen-bond acceptors (Lipinski definition) is 5. The summed E-state index contributed by atoms with van der Waals surface area (Å²) in [7, 11) is -0.967. The van der Waals surface area contributed by atoms with Crippen LogP contribution in [-0.4, -0.2) is 51.4 Å². The van der Waals surface area contributed by atoms with Gasteiger partial charge in [0, 0.05) is 19.8 Å². The largest absolute Gasteiger partial charge is 0.492 e. The minimum absolute atomic E-state index is 0.0638. The van der Waals surface area contributed by atoms with Crippen LogP contribution in [0.15, 0.2) is 23.1 Å². The Morgan fingerprint density at radius 1 is 1.27 bits per heavy atom. The first kappa shape index (κ1) is 21.7. The molecule has 1 rings (SSSR count). The van der Waals surface area contributed by atoms with Crippen LogP contribution in [0.25, 0.3) is 0 Å². The number of amides is 3. The molecule has 1 aromatic carbocycles. The molecule has 0 spiro atoms. The molecule has 10 heteroatoms. The fourth-order valence-corrected chi connectivity index (χ4v) is 3.22. The number of rotatable bonds is 8. The third-order valence-corrected chi connectivity index (χ3v) is 5.35. The summed E-state index contributed by atoms with van der Waals surface area (Å²) >= 11 is 0. The summed E-state index contributed by atoms with van der Waals surface area (Å²) in [6, 6.07) is 2.65. The molecule has 26 heavy (non-hydrogen) atoms. The van der Waals surface area contributed by atoms with Gasteiger partial charge in [-0.15, -0.1) is 0 Å². The Bertz CT molecular complexity index is 762. The summed E-state index contributed by atoms with van der Waals surface area (Å²) in [5, 5.41) is 4.97. The van der Waals surface area contributed by atoms with Crippen LogP contribution in [-0.2, 0) is 14.8 Å². The first-order chi connectivity index (χ1) is 12.0. The highest BCUT2D eigenvalue weighted by molar-refractivity contribution is 7.89. The second-order valence-corrected chi connectivity index (χ2v) is 8.22. The van der Waals surface area contributed by atoms with E-state index < -0.39 is 28.0 Å². The molecule has 0 aliphatic heterocycles. The highest BCUT2D eigenvalue weighted by Crippen LogP contribution is 2.29. The van der Waals surface area contributed by atoms with Gasteiger partial charge in [-0.2, -0.15) is 0 Å². The number of benzene rings is 1. The van der Waals surface area contributed by atoms with E-state index in [9.17, 15) is 18.0 Å². The second kappa shape index (κ2) is 8.86. The van der Waals surface area contributed by atoms with E-state index in [4.69, 9.17) is 10.5 Å². The molecule has 0 radical (unpaired) electrons. The number of anilines is 1. The van der Waals surface area contributed by atoms with Crippen molar-refractivity contribution >= 4 is 27.6 Å². The highest BCUT2D eigenvalue weighted by Gasteiger charge is 2.26. The Morgan fingerprint density at radius 2 is 1.88 bits per heavy atom. The van der Waals surface area contributed by atoms with E-state index in [1.165, 1.54) is 32.3 Å². The van der Waals surface area contributed by atoms with Crippen LogP contribution in [0.3, 0.4) is 0 Å². The van der Waals surface area contributed by atoms with Crippen LogP contribution < -0.4 is 21.1 Å². The number of urea groups is 1. The average Bonchev–Trinajstić information content (AvgIpc) is 2.53. The molecule has 0 saturated carbocycles. The van der Waals surface area contributed by atoms with Crippen molar-refractivity contribution < 1.29 is 22.7 Å². The predicted octanol–water partition coefficient (Wildman–Crippen LogP) is 0.967. The van der Waals surface area contributed by atoms with E-state index >= 15 is 0 Å². The SMILES string of the molecule is CCOc1ccc(NC(=O)[C@H](NC(N)=O)C(C)C)cc1S(=O)(=O)N(C)C. The van der Waals surface area contributed by atoms with E-state index in [1.807, 2.05) is 0 Å². The van der Waals surface area contributed by atoms with Crippen LogP contribution in [0.4, 0.5) is 10.5 Å². The summed E-state index contributed by atoms with van der Waals surface area (Å²) in [4.78, 5) is 23.4.